The van der Waals surface area contributed by atoms with E-state index in [-0.39, 0.29) is 12.0 Å². The average molecular weight is 407 g/mol. The van der Waals surface area contributed by atoms with Crippen LogP contribution >= 0.6 is 11.3 Å². The normalized spacial score (nSPS) is 15.1. The first kappa shape index (κ1) is 18.0. The van der Waals surface area contributed by atoms with Crippen LogP contribution in [0, 0.1) is 0 Å². The number of H-pyrrole nitrogens is 1. The van der Waals surface area contributed by atoms with Crippen LogP contribution in [0.2, 0.25) is 0 Å². The molecule has 0 aliphatic carbocycles. The van der Waals surface area contributed by atoms with Gasteiger partial charge in [-0.2, -0.15) is 0 Å². The van der Waals surface area contributed by atoms with Crippen molar-refractivity contribution in [2.45, 2.75) is 18.9 Å². The minimum Gasteiger partial charge on any atom is -0.497 e. The van der Waals surface area contributed by atoms with E-state index in [0.29, 0.717) is 18.3 Å². The Bertz CT molecular complexity index is 1170. The maximum Gasteiger partial charge on any atom is 0.274 e. The molecular weight excluding hydrogens is 386 g/mol. The molecule has 5 rings (SSSR count). The van der Waals surface area contributed by atoms with Crippen LogP contribution in [0.1, 0.15) is 23.2 Å². The lowest BCUT2D eigenvalue weighted by molar-refractivity contribution is 0.0597. The molecule has 0 spiro atoms. The number of ether oxygens (including phenoxy) is 2. The topological polar surface area (TPSA) is 67.5 Å². The highest BCUT2D eigenvalue weighted by Crippen LogP contribution is 2.32. The summed E-state index contributed by atoms with van der Waals surface area (Å²) >= 11 is 1.54. The van der Waals surface area contributed by atoms with E-state index in [1.54, 1.807) is 18.4 Å². The molecule has 1 aliphatic heterocycles. The molecule has 1 aliphatic rings. The number of aromatic nitrogens is 2. The minimum absolute atomic E-state index is 0.0736. The average Bonchev–Trinajstić information content (AvgIpc) is 3.36. The Hall–Kier alpha value is -3.06. The number of nitrogens with one attached hydrogen (secondary N) is 1. The molecule has 7 heteroatoms. The Morgan fingerprint density at radius 3 is 2.86 bits per heavy atom. The Morgan fingerprint density at radius 1 is 1.21 bits per heavy atom. The fourth-order valence-corrected chi connectivity index (χ4v) is 4.66. The maximum absolute atomic E-state index is 13.0. The first-order valence-electron chi connectivity index (χ1n) is 9.68. The van der Waals surface area contributed by atoms with Gasteiger partial charge in [-0.3, -0.25) is 4.79 Å². The number of amides is 1. The number of hydrogen-bond acceptors (Lipinski definition) is 5. The van der Waals surface area contributed by atoms with Crippen LogP contribution < -0.4 is 9.47 Å². The number of piperidine rings is 1. The number of benzene rings is 2. The van der Waals surface area contributed by atoms with Crippen LogP contribution in [0.3, 0.4) is 0 Å². The third-order valence-electron chi connectivity index (χ3n) is 5.39. The van der Waals surface area contributed by atoms with Gasteiger partial charge in [0.15, 0.2) is 0 Å². The standard InChI is InChI=1S/C22H21N3O3S/c1-27-15-6-7-20-19(12-15)24-22(29-20)28-14-8-10-25(11-9-14)21(26)17-13-23-18-5-3-2-4-16(17)18/h2-7,12-14,23H,8-11H2,1H3. The lowest BCUT2D eigenvalue weighted by Gasteiger charge is -2.31. The van der Waals surface area contributed by atoms with Crippen molar-refractivity contribution < 1.29 is 14.3 Å². The number of nitrogens with zero attached hydrogens (tertiary/aromatic N) is 2. The number of carbonyl (C=O) groups excluding carboxylic acids is 1. The van der Waals surface area contributed by atoms with Gasteiger partial charge in [0.05, 0.1) is 22.9 Å². The Labute approximate surface area is 172 Å². The first-order valence-corrected chi connectivity index (χ1v) is 10.5. The summed E-state index contributed by atoms with van der Waals surface area (Å²) < 4.78 is 12.5. The van der Waals surface area contributed by atoms with E-state index < -0.39 is 0 Å². The quantitative estimate of drug-likeness (QED) is 0.542. The predicted octanol–water partition coefficient (Wildman–Crippen LogP) is 4.47. The number of fused-ring (bicyclic) bond motifs is 2. The zero-order chi connectivity index (χ0) is 19.8. The van der Waals surface area contributed by atoms with E-state index in [4.69, 9.17) is 9.47 Å². The first-order chi connectivity index (χ1) is 14.2. The molecule has 1 amide bonds. The van der Waals surface area contributed by atoms with Gasteiger partial charge in [-0.15, -0.1) is 0 Å². The molecule has 0 bridgehead atoms. The summed E-state index contributed by atoms with van der Waals surface area (Å²) in [7, 11) is 1.65. The number of hydrogen-bond donors (Lipinski definition) is 1. The van der Waals surface area contributed by atoms with Crippen LogP contribution in [-0.2, 0) is 0 Å². The van der Waals surface area contributed by atoms with E-state index in [1.807, 2.05) is 53.6 Å². The summed E-state index contributed by atoms with van der Waals surface area (Å²) in [5.74, 6) is 0.867. The molecular formula is C22H21N3O3S. The van der Waals surface area contributed by atoms with Gasteiger partial charge in [0, 0.05) is 49.1 Å². The summed E-state index contributed by atoms with van der Waals surface area (Å²) in [4.78, 5) is 22.6. The van der Waals surface area contributed by atoms with Gasteiger partial charge < -0.3 is 19.4 Å². The zero-order valence-corrected chi connectivity index (χ0v) is 16.9. The molecule has 0 saturated carbocycles. The molecule has 4 aromatic rings. The van der Waals surface area contributed by atoms with Gasteiger partial charge in [0.1, 0.15) is 11.9 Å². The predicted molar refractivity (Wildman–Crippen MR) is 114 cm³/mol. The fraction of sp³-hybridized carbons (Fsp3) is 0.273. The third kappa shape index (κ3) is 3.42. The van der Waals surface area contributed by atoms with Gasteiger partial charge in [0.2, 0.25) is 0 Å². The second-order valence-electron chi connectivity index (χ2n) is 7.17. The zero-order valence-electron chi connectivity index (χ0n) is 16.1. The van der Waals surface area contributed by atoms with Crippen LogP contribution in [0.5, 0.6) is 10.9 Å². The smallest absolute Gasteiger partial charge is 0.274 e. The maximum atomic E-state index is 13.0. The molecule has 2 aromatic carbocycles. The van der Waals surface area contributed by atoms with Crippen molar-refractivity contribution in [3.63, 3.8) is 0 Å². The number of likely N-dealkylation sites (tertiary alicyclic amines) is 1. The van der Waals surface area contributed by atoms with Crippen molar-refractivity contribution in [1.82, 2.24) is 14.9 Å². The Morgan fingerprint density at radius 2 is 2.03 bits per heavy atom. The van der Waals surface area contributed by atoms with E-state index in [1.165, 1.54) is 0 Å². The lowest BCUT2D eigenvalue weighted by atomic mass is 10.1. The van der Waals surface area contributed by atoms with Crippen molar-refractivity contribution in [2.75, 3.05) is 20.2 Å². The molecule has 3 heterocycles. The second-order valence-corrected chi connectivity index (χ2v) is 8.16. The monoisotopic (exact) mass is 407 g/mol. The summed E-state index contributed by atoms with van der Waals surface area (Å²) in [6.07, 6.45) is 3.48. The van der Waals surface area contributed by atoms with Crippen molar-refractivity contribution in [3.8, 4) is 10.9 Å². The fourth-order valence-electron chi connectivity index (χ4n) is 3.80. The molecule has 148 valence electrons. The molecule has 6 nitrogen and oxygen atoms in total. The van der Waals surface area contributed by atoms with Crippen LogP contribution in [0.25, 0.3) is 21.1 Å². The summed E-state index contributed by atoms with van der Waals surface area (Å²) in [6.45, 7) is 1.36. The van der Waals surface area contributed by atoms with E-state index in [2.05, 4.69) is 9.97 Å². The highest BCUT2D eigenvalue weighted by atomic mass is 32.1. The van der Waals surface area contributed by atoms with Crippen molar-refractivity contribution >= 4 is 38.4 Å². The number of para-hydroxylation sites is 1. The van der Waals surface area contributed by atoms with Crippen LogP contribution in [0.15, 0.2) is 48.7 Å². The van der Waals surface area contributed by atoms with Gasteiger partial charge in [-0.25, -0.2) is 4.98 Å². The van der Waals surface area contributed by atoms with Gasteiger partial charge in [-0.05, 0) is 18.2 Å². The molecule has 1 fully saturated rings. The highest BCUT2D eigenvalue weighted by Gasteiger charge is 2.26. The number of methoxy groups -OCH3 is 1. The molecule has 29 heavy (non-hydrogen) atoms. The van der Waals surface area contributed by atoms with Gasteiger partial charge in [0.25, 0.3) is 11.1 Å². The number of carbonyl (C=O) groups is 1. The summed E-state index contributed by atoms with van der Waals surface area (Å²) in [5.41, 5.74) is 2.61. The van der Waals surface area contributed by atoms with Crippen molar-refractivity contribution in [2.24, 2.45) is 0 Å². The number of rotatable bonds is 4. The van der Waals surface area contributed by atoms with E-state index in [9.17, 15) is 4.79 Å². The lowest BCUT2D eigenvalue weighted by Crippen LogP contribution is -2.41. The third-order valence-corrected chi connectivity index (χ3v) is 6.32. The van der Waals surface area contributed by atoms with Crippen LogP contribution in [0.4, 0.5) is 0 Å². The SMILES string of the molecule is COc1ccc2sc(OC3CCN(C(=O)c4c[nH]c5ccccc45)CC3)nc2c1. The molecule has 2 aromatic heterocycles. The summed E-state index contributed by atoms with van der Waals surface area (Å²) in [6, 6.07) is 13.7. The minimum atomic E-state index is 0.0736. The Balaban J connectivity index is 1.24. The molecule has 1 saturated heterocycles. The molecule has 0 radical (unpaired) electrons. The second kappa shape index (κ2) is 7.40. The van der Waals surface area contributed by atoms with Gasteiger partial charge >= 0.3 is 0 Å². The number of aromatic amines is 1. The molecule has 1 N–H and O–H groups in total. The molecule has 0 atom stereocenters. The van der Waals surface area contributed by atoms with Gasteiger partial charge in [-0.1, -0.05) is 29.5 Å². The highest BCUT2D eigenvalue weighted by molar-refractivity contribution is 7.20. The largest absolute Gasteiger partial charge is 0.497 e. The van der Waals surface area contributed by atoms with E-state index in [0.717, 1.165) is 45.3 Å². The molecule has 0 unspecified atom stereocenters. The van der Waals surface area contributed by atoms with Crippen molar-refractivity contribution in [1.29, 1.82) is 0 Å². The van der Waals surface area contributed by atoms with Crippen molar-refractivity contribution in [3.05, 3.63) is 54.2 Å². The number of thiazole rings is 1. The van der Waals surface area contributed by atoms with E-state index >= 15 is 0 Å². The van der Waals surface area contributed by atoms with Crippen LogP contribution in [-0.4, -0.2) is 47.1 Å². The summed E-state index contributed by atoms with van der Waals surface area (Å²) in [5, 5.41) is 1.65. The Kier molecular flexibility index (Phi) is 4.60.